The van der Waals surface area contributed by atoms with Gasteiger partial charge in [-0.05, 0) is 45.3 Å². The van der Waals surface area contributed by atoms with Crippen molar-refractivity contribution in [2.24, 2.45) is 5.92 Å². The van der Waals surface area contributed by atoms with Crippen molar-refractivity contribution in [2.45, 2.75) is 32.4 Å². The quantitative estimate of drug-likeness (QED) is 0.810. The number of nitrogens with zero attached hydrogens (tertiary/aromatic N) is 2. The van der Waals surface area contributed by atoms with Gasteiger partial charge in [-0.25, -0.2) is 4.98 Å². The van der Waals surface area contributed by atoms with Gasteiger partial charge in [-0.3, -0.25) is 0 Å². The zero-order valence-corrected chi connectivity index (χ0v) is 15.1. The van der Waals surface area contributed by atoms with E-state index < -0.39 is 0 Å². The Morgan fingerprint density at radius 1 is 1.29 bits per heavy atom. The molecule has 1 aliphatic rings. The van der Waals surface area contributed by atoms with Crippen LogP contribution in [0.3, 0.4) is 0 Å². The Kier molecular flexibility index (Phi) is 6.37. The van der Waals surface area contributed by atoms with Crippen LogP contribution in [-0.4, -0.2) is 47.3 Å². The van der Waals surface area contributed by atoms with Crippen LogP contribution in [0.1, 0.15) is 24.8 Å². The zero-order chi connectivity index (χ0) is 16.8. The highest BCUT2D eigenvalue weighted by Crippen LogP contribution is 2.22. The molecule has 1 saturated heterocycles. The van der Waals surface area contributed by atoms with Gasteiger partial charge in [-0.1, -0.05) is 30.3 Å². The lowest BCUT2D eigenvalue weighted by atomic mass is 9.96. The van der Waals surface area contributed by atoms with E-state index in [4.69, 9.17) is 4.98 Å². The first-order chi connectivity index (χ1) is 11.7. The van der Waals surface area contributed by atoms with E-state index in [1.807, 2.05) is 13.0 Å². The van der Waals surface area contributed by atoms with Crippen LogP contribution in [0.15, 0.2) is 35.7 Å². The summed E-state index contributed by atoms with van der Waals surface area (Å²) in [5.74, 6) is 0.740. The fourth-order valence-corrected chi connectivity index (χ4v) is 4.04. The molecule has 0 spiro atoms. The Morgan fingerprint density at radius 3 is 2.75 bits per heavy atom. The molecular formula is C19H27N3OS. The van der Waals surface area contributed by atoms with Gasteiger partial charge in [0.2, 0.25) is 0 Å². The summed E-state index contributed by atoms with van der Waals surface area (Å²) in [6, 6.07) is 10.3. The normalized spacial score (nSPS) is 17.9. The topological polar surface area (TPSA) is 48.4 Å². The summed E-state index contributed by atoms with van der Waals surface area (Å²) >= 11 is 1.73. The maximum Gasteiger partial charge on any atom is 0.107 e. The number of aromatic nitrogens is 1. The fraction of sp³-hybridized carbons (Fsp3) is 0.526. The van der Waals surface area contributed by atoms with E-state index in [0.29, 0.717) is 0 Å². The average molecular weight is 346 g/mol. The molecule has 2 N–H and O–H groups in total. The Labute approximate surface area is 148 Å². The second kappa shape index (κ2) is 8.72. The maximum absolute atomic E-state index is 9.46. The standard InChI is InChI=1S/C19H27N3OS/c1-15(23)13-22-9-7-16(8-10-22)11-20-12-19-21-18(14-24-19)17-5-3-2-4-6-17/h2-6,14-16,20,23H,7-13H2,1H3. The number of rotatable bonds is 7. The lowest BCUT2D eigenvalue weighted by Gasteiger charge is -2.32. The van der Waals surface area contributed by atoms with Crippen LogP contribution in [0.25, 0.3) is 11.3 Å². The molecule has 5 heteroatoms. The summed E-state index contributed by atoms with van der Waals surface area (Å²) in [5, 5.41) is 16.3. The molecule has 130 valence electrons. The molecule has 0 bridgehead atoms. The molecule has 1 unspecified atom stereocenters. The molecular weight excluding hydrogens is 318 g/mol. The van der Waals surface area contributed by atoms with Gasteiger partial charge < -0.3 is 15.3 Å². The molecule has 1 aromatic heterocycles. The zero-order valence-electron chi connectivity index (χ0n) is 14.3. The summed E-state index contributed by atoms with van der Waals surface area (Å²) in [4.78, 5) is 7.10. The number of nitrogens with one attached hydrogen (secondary N) is 1. The summed E-state index contributed by atoms with van der Waals surface area (Å²) in [6.07, 6.45) is 2.21. The average Bonchev–Trinajstić information content (AvgIpc) is 3.06. The fourth-order valence-electron chi connectivity index (χ4n) is 3.26. The minimum Gasteiger partial charge on any atom is -0.392 e. The smallest absolute Gasteiger partial charge is 0.107 e. The van der Waals surface area contributed by atoms with Crippen molar-refractivity contribution in [3.05, 3.63) is 40.7 Å². The van der Waals surface area contributed by atoms with Crippen molar-refractivity contribution in [3.8, 4) is 11.3 Å². The highest BCUT2D eigenvalue weighted by molar-refractivity contribution is 7.09. The van der Waals surface area contributed by atoms with E-state index in [1.54, 1.807) is 11.3 Å². The first-order valence-electron chi connectivity index (χ1n) is 8.81. The van der Waals surface area contributed by atoms with E-state index in [9.17, 15) is 5.11 Å². The Hall–Kier alpha value is -1.27. The maximum atomic E-state index is 9.46. The lowest BCUT2D eigenvalue weighted by molar-refractivity contribution is 0.0998. The molecule has 3 rings (SSSR count). The molecule has 1 aromatic carbocycles. The van der Waals surface area contributed by atoms with Gasteiger partial charge in [0.05, 0.1) is 11.8 Å². The van der Waals surface area contributed by atoms with Crippen LogP contribution < -0.4 is 5.32 Å². The van der Waals surface area contributed by atoms with E-state index in [1.165, 1.54) is 18.4 Å². The molecule has 4 nitrogen and oxygen atoms in total. The van der Waals surface area contributed by atoms with Crippen LogP contribution in [0.2, 0.25) is 0 Å². The molecule has 0 radical (unpaired) electrons. The Bertz CT molecular complexity index is 606. The monoisotopic (exact) mass is 345 g/mol. The van der Waals surface area contributed by atoms with Crippen molar-refractivity contribution in [2.75, 3.05) is 26.2 Å². The first kappa shape index (κ1) is 17.5. The van der Waals surface area contributed by atoms with Gasteiger partial charge in [-0.2, -0.15) is 0 Å². The third-order valence-electron chi connectivity index (χ3n) is 4.56. The van der Waals surface area contributed by atoms with Crippen LogP contribution in [-0.2, 0) is 6.54 Å². The van der Waals surface area contributed by atoms with E-state index in [0.717, 1.165) is 49.3 Å². The Balaban J connectivity index is 1.39. The molecule has 2 heterocycles. The second-order valence-corrected chi connectivity index (χ2v) is 7.66. The molecule has 24 heavy (non-hydrogen) atoms. The summed E-state index contributed by atoms with van der Waals surface area (Å²) in [5.41, 5.74) is 2.26. The van der Waals surface area contributed by atoms with Crippen molar-refractivity contribution in [1.29, 1.82) is 0 Å². The SMILES string of the molecule is CC(O)CN1CCC(CNCc2nc(-c3ccccc3)cs2)CC1. The van der Waals surface area contributed by atoms with Gasteiger partial charge in [0.1, 0.15) is 5.01 Å². The van der Waals surface area contributed by atoms with E-state index >= 15 is 0 Å². The van der Waals surface area contributed by atoms with Gasteiger partial charge in [0.15, 0.2) is 0 Å². The summed E-state index contributed by atoms with van der Waals surface area (Å²) in [7, 11) is 0. The molecule has 0 amide bonds. The minimum atomic E-state index is -0.219. The Morgan fingerprint density at radius 2 is 2.04 bits per heavy atom. The number of aliphatic hydroxyl groups excluding tert-OH is 1. The molecule has 1 fully saturated rings. The second-order valence-electron chi connectivity index (χ2n) is 6.72. The number of piperidine rings is 1. The third-order valence-corrected chi connectivity index (χ3v) is 5.41. The van der Waals surface area contributed by atoms with Gasteiger partial charge in [-0.15, -0.1) is 11.3 Å². The number of thiazole rings is 1. The third kappa shape index (κ3) is 5.11. The number of β-amino-alcohol motifs (C(OH)–C–C–N with tert-alkyl or cyclic N) is 1. The molecule has 0 aliphatic carbocycles. The largest absolute Gasteiger partial charge is 0.392 e. The highest BCUT2D eigenvalue weighted by Gasteiger charge is 2.19. The predicted molar refractivity (Wildman–Crippen MR) is 100 cm³/mol. The molecule has 2 aromatic rings. The van der Waals surface area contributed by atoms with Crippen LogP contribution in [0, 0.1) is 5.92 Å². The van der Waals surface area contributed by atoms with Crippen molar-refractivity contribution in [3.63, 3.8) is 0 Å². The van der Waals surface area contributed by atoms with Gasteiger partial charge >= 0.3 is 0 Å². The van der Waals surface area contributed by atoms with Crippen LogP contribution in [0.4, 0.5) is 0 Å². The number of benzene rings is 1. The summed E-state index contributed by atoms with van der Waals surface area (Å²) in [6.45, 7) is 6.79. The minimum absolute atomic E-state index is 0.219. The number of hydrogen-bond donors (Lipinski definition) is 2. The van der Waals surface area contributed by atoms with Crippen LogP contribution >= 0.6 is 11.3 Å². The van der Waals surface area contributed by atoms with E-state index in [2.05, 4.69) is 39.9 Å². The first-order valence-corrected chi connectivity index (χ1v) is 9.69. The van der Waals surface area contributed by atoms with Crippen molar-refractivity contribution >= 4 is 11.3 Å². The van der Waals surface area contributed by atoms with Crippen molar-refractivity contribution < 1.29 is 5.11 Å². The highest BCUT2D eigenvalue weighted by atomic mass is 32.1. The molecule has 0 saturated carbocycles. The number of aliphatic hydroxyl groups is 1. The number of likely N-dealkylation sites (tertiary alicyclic amines) is 1. The van der Waals surface area contributed by atoms with Gasteiger partial charge in [0.25, 0.3) is 0 Å². The summed E-state index contributed by atoms with van der Waals surface area (Å²) < 4.78 is 0. The number of hydrogen-bond acceptors (Lipinski definition) is 5. The molecule has 1 atom stereocenters. The van der Waals surface area contributed by atoms with E-state index in [-0.39, 0.29) is 6.10 Å². The van der Waals surface area contributed by atoms with Gasteiger partial charge in [0, 0.05) is 24.0 Å². The van der Waals surface area contributed by atoms with Crippen molar-refractivity contribution in [1.82, 2.24) is 15.2 Å². The lowest BCUT2D eigenvalue weighted by Crippen LogP contribution is -2.40. The van der Waals surface area contributed by atoms with Crippen LogP contribution in [0.5, 0.6) is 0 Å². The molecule has 1 aliphatic heterocycles. The predicted octanol–water partition coefficient (Wildman–Crippen LogP) is 2.99.